The van der Waals surface area contributed by atoms with Crippen molar-refractivity contribution in [3.63, 3.8) is 0 Å². The average Bonchev–Trinajstić information content (AvgIpc) is 2.96. The quantitative estimate of drug-likeness (QED) is 0.790. The molecule has 3 amide bonds. The molecule has 0 aliphatic heterocycles. The molecule has 9 heteroatoms. The first kappa shape index (κ1) is 22.3. The Hall–Kier alpha value is -2.97. The van der Waals surface area contributed by atoms with Crippen LogP contribution in [0, 0.1) is 11.6 Å². The second-order valence-corrected chi connectivity index (χ2v) is 8.11. The lowest BCUT2D eigenvalue weighted by Crippen LogP contribution is -2.44. The van der Waals surface area contributed by atoms with Gasteiger partial charge >= 0.3 is 6.03 Å². The molecule has 1 heterocycles. The van der Waals surface area contributed by atoms with Crippen molar-refractivity contribution in [1.82, 2.24) is 14.7 Å². The summed E-state index contributed by atoms with van der Waals surface area (Å²) in [5, 5.41) is 9.51. The van der Waals surface area contributed by atoms with Crippen LogP contribution in [0.2, 0.25) is 0 Å². The third-order valence-electron chi connectivity index (χ3n) is 4.29. The molecule has 0 spiro atoms. The Labute approximate surface area is 169 Å². The lowest BCUT2D eigenvalue weighted by molar-refractivity contribution is -0.117. The fourth-order valence-corrected chi connectivity index (χ4v) is 2.55. The van der Waals surface area contributed by atoms with Gasteiger partial charge in [0.05, 0.1) is 11.4 Å². The highest BCUT2D eigenvalue weighted by atomic mass is 19.1. The summed E-state index contributed by atoms with van der Waals surface area (Å²) in [6.07, 6.45) is 0. The number of carbonyl (C=O) groups is 2. The SMILES string of the molecule is CC(C)N(CC(=O)Nc1cc(C(C)(C)C)nn1C)C(=O)Nc1ccc(F)cc1F. The molecule has 1 aromatic carbocycles. The number of nitrogens with one attached hydrogen (secondary N) is 2. The van der Waals surface area contributed by atoms with Crippen molar-refractivity contribution in [1.29, 1.82) is 0 Å². The maximum atomic E-state index is 13.8. The standard InChI is InChI=1S/C20H27F2N5O2/c1-12(2)27(19(29)23-15-8-7-13(21)9-14(15)22)11-18(28)24-17-10-16(20(3,4)5)25-26(17)6/h7-10,12H,11H2,1-6H3,(H,23,29)(H,24,28). The normalized spacial score (nSPS) is 11.5. The van der Waals surface area contributed by atoms with E-state index in [1.54, 1.807) is 31.6 Å². The number of anilines is 2. The molecule has 2 rings (SSSR count). The molecule has 0 saturated carbocycles. The zero-order valence-electron chi connectivity index (χ0n) is 17.5. The summed E-state index contributed by atoms with van der Waals surface area (Å²) < 4.78 is 28.4. The summed E-state index contributed by atoms with van der Waals surface area (Å²) in [4.78, 5) is 26.3. The van der Waals surface area contributed by atoms with Crippen LogP contribution in [-0.2, 0) is 17.3 Å². The van der Waals surface area contributed by atoms with Gasteiger partial charge in [0.1, 0.15) is 24.0 Å². The molecule has 0 radical (unpaired) electrons. The topological polar surface area (TPSA) is 79.3 Å². The molecule has 158 valence electrons. The van der Waals surface area contributed by atoms with E-state index in [4.69, 9.17) is 0 Å². The van der Waals surface area contributed by atoms with E-state index in [9.17, 15) is 18.4 Å². The Bertz CT molecular complexity index is 903. The Morgan fingerprint density at radius 3 is 2.34 bits per heavy atom. The fraction of sp³-hybridized carbons (Fsp3) is 0.450. The molecule has 2 aromatic rings. The molecular weight excluding hydrogens is 380 g/mol. The van der Waals surface area contributed by atoms with Gasteiger partial charge in [-0.25, -0.2) is 13.6 Å². The van der Waals surface area contributed by atoms with E-state index in [1.807, 2.05) is 20.8 Å². The van der Waals surface area contributed by atoms with Gasteiger partial charge < -0.3 is 15.5 Å². The maximum Gasteiger partial charge on any atom is 0.322 e. The van der Waals surface area contributed by atoms with Gasteiger partial charge in [0.15, 0.2) is 0 Å². The van der Waals surface area contributed by atoms with Crippen molar-refractivity contribution in [2.75, 3.05) is 17.2 Å². The molecule has 0 unspecified atom stereocenters. The zero-order valence-corrected chi connectivity index (χ0v) is 17.5. The Balaban J connectivity index is 2.09. The van der Waals surface area contributed by atoms with Crippen LogP contribution in [0.3, 0.4) is 0 Å². The van der Waals surface area contributed by atoms with Crippen molar-refractivity contribution in [2.24, 2.45) is 7.05 Å². The maximum absolute atomic E-state index is 13.8. The predicted octanol–water partition coefficient (Wildman–Crippen LogP) is 3.88. The first-order chi connectivity index (χ1) is 13.4. The van der Waals surface area contributed by atoms with Gasteiger partial charge in [-0.15, -0.1) is 0 Å². The van der Waals surface area contributed by atoms with Gasteiger partial charge in [0, 0.05) is 30.6 Å². The molecule has 0 fully saturated rings. The van der Waals surface area contributed by atoms with Gasteiger partial charge in [0.25, 0.3) is 0 Å². The number of amides is 3. The molecule has 0 aliphatic rings. The minimum absolute atomic E-state index is 0.163. The second-order valence-electron chi connectivity index (χ2n) is 8.11. The Kier molecular flexibility index (Phi) is 6.61. The smallest absolute Gasteiger partial charge is 0.313 e. The fourth-order valence-electron chi connectivity index (χ4n) is 2.55. The van der Waals surface area contributed by atoms with E-state index < -0.39 is 23.6 Å². The second kappa shape index (κ2) is 8.59. The lowest BCUT2D eigenvalue weighted by atomic mass is 9.92. The first-order valence-electron chi connectivity index (χ1n) is 9.25. The number of rotatable bonds is 5. The van der Waals surface area contributed by atoms with Crippen LogP contribution in [0.4, 0.5) is 25.1 Å². The van der Waals surface area contributed by atoms with Crippen LogP contribution in [-0.4, -0.2) is 39.2 Å². The van der Waals surface area contributed by atoms with E-state index in [0.717, 1.165) is 17.8 Å². The largest absolute Gasteiger partial charge is 0.322 e. The van der Waals surface area contributed by atoms with Gasteiger partial charge in [-0.1, -0.05) is 20.8 Å². The number of urea groups is 1. The highest BCUT2D eigenvalue weighted by Crippen LogP contribution is 2.23. The predicted molar refractivity (Wildman–Crippen MR) is 108 cm³/mol. The first-order valence-corrected chi connectivity index (χ1v) is 9.25. The zero-order chi connectivity index (χ0) is 21.9. The summed E-state index contributed by atoms with van der Waals surface area (Å²) in [5.74, 6) is -1.55. The minimum Gasteiger partial charge on any atom is -0.313 e. The average molecular weight is 407 g/mol. The summed E-state index contributed by atoms with van der Waals surface area (Å²) in [7, 11) is 1.72. The van der Waals surface area contributed by atoms with Crippen molar-refractivity contribution in [3.8, 4) is 0 Å². The monoisotopic (exact) mass is 407 g/mol. The molecule has 29 heavy (non-hydrogen) atoms. The molecule has 1 aromatic heterocycles. The highest BCUT2D eigenvalue weighted by molar-refractivity contribution is 5.96. The third kappa shape index (κ3) is 5.75. The Morgan fingerprint density at radius 1 is 1.17 bits per heavy atom. The molecular formula is C20H27F2N5O2. The Morgan fingerprint density at radius 2 is 1.83 bits per heavy atom. The van der Waals surface area contributed by atoms with Crippen molar-refractivity contribution in [3.05, 3.63) is 41.6 Å². The van der Waals surface area contributed by atoms with Gasteiger partial charge in [0.2, 0.25) is 5.91 Å². The number of halogens is 2. The number of hydrogen-bond donors (Lipinski definition) is 2. The van der Waals surface area contributed by atoms with Crippen molar-refractivity contribution < 1.29 is 18.4 Å². The van der Waals surface area contributed by atoms with E-state index in [0.29, 0.717) is 11.9 Å². The number of nitrogens with zero attached hydrogens (tertiary/aromatic N) is 3. The summed E-state index contributed by atoms with van der Waals surface area (Å²) in [6.45, 7) is 9.26. The van der Waals surface area contributed by atoms with Crippen molar-refractivity contribution in [2.45, 2.75) is 46.1 Å². The van der Waals surface area contributed by atoms with Crippen LogP contribution < -0.4 is 10.6 Å². The summed E-state index contributed by atoms with van der Waals surface area (Å²) >= 11 is 0. The van der Waals surface area contributed by atoms with Gasteiger partial charge in [-0.05, 0) is 26.0 Å². The molecule has 0 bridgehead atoms. The molecule has 0 atom stereocenters. The van der Waals surface area contributed by atoms with Gasteiger partial charge in [-0.3, -0.25) is 9.48 Å². The van der Waals surface area contributed by atoms with Crippen molar-refractivity contribution >= 4 is 23.4 Å². The van der Waals surface area contributed by atoms with Crippen LogP contribution >= 0.6 is 0 Å². The van der Waals surface area contributed by atoms with Crippen LogP contribution in [0.1, 0.15) is 40.3 Å². The van der Waals surface area contributed by atoms with Crippen LogP contribution in [0.15, 0.2) is 24.3 Å². The molecule has 2 N–H and O–H groups in total. The lowest BCUT2D eigenvalue weighted by Gasteiger charge is -2.26. The molecule has 0 aliphatic carbocycles. The highest BCUT2D eigenvalue weighted by Gasteiger charge is 2.23. The summed E-state index contributed by atoms with van der Waals surface area (Å²) in [6, 6.07) is 3.63. The number of benzene rings is 1. The molecule has 7 nitrogen and oxygen atoms in total. The van der Waals surface area contributed by atoms with Crippen LogP contribution in [0.25, 0.3) is 0 Å². The van der Waals surface area contributed by atoms with E-state index in [1.165, 1.54) is 4.90 Å². The number of hydrogen-bond acceptors (Lipinski definition) is 3. The number of aromatic nitrogens is 2. The number of carbonyl (C=O) groups excluding carboxylic acids is 2. The van der Waals surface area contributed by atoms with E-state index in [-0.39, 0.29) is 23.7 Å². The molecule has 0 saturated heterocycles. The minimum atomic E-state index is -0.892. The van der Waals surface area contributed by atoms with E-state index in [2.05, 4.69) is 15.7 Å². The summed E-state index contributed by atoms with van der Waals surface area (Å²) in [5.41, 5.74) is 0.480. The number of aryl methyl sites for hydroxylation is 1. The van der Waals surface area contributed by atoms with Gasteiger partial charge in [-0.2, -0.15) is 5.10 Å². The van der Waals surface area contributed by atoms with Crippen LogP contribution in [0.5, 0.6) is 0 Å². The van der Waals surface area contributed by atoms with E-state index >= 15 is 0 Å². The third-order valence-corrected chi connectivity index (χ3v) is 4.29.